The summed E-state index contributed by atoms with van der Waals surface area (Å²) in [6, 6.07) is 29.6. The van der Waals surface area contributed by atoms with Gasteiger partial charge in [0.25, 0.3) is 0 Å². The first-order chi connectivity index (χ1) is 12.0. The van der Waals surface area contributed by atoms with Crippen LogP contribution in [-0.4, -0.2) is 5.11 Å². The summed E-state index contributed by atoms with van der Waals surface area (Å²) in [6.07, 6.45) is 0.989. The molecule has 0 aliphatic heterocycles. The monoisotopic (exact) mass is 348 g/mol. The summed E-state index contributed by atoms with van der Waals surface area (Å²) in [7, 11) is 0. The Morgan fingerprint density at radius 3 is 1.92 bits per heavy atom. The molecule has 0 aromatic heterocycles. The quantitative estimate of drug-likeness (QED) is 0.552. The molecule has 0 saturated carbocycles. The van der Waals surface area contributed by atoms with E-state index in [1.54, 1.807) is 0 Å². The number of benzene rings is 3. The maximum absolute atomic E-state index is 10.1. The molecule has 0 aliphatic carbocycles. The predicted octanol–water partition coefficient (Wildman–Crippen LogP) is 5.99. The largest absolute Gasteiger partial charge is 0.386 e. The van der Waals surface area contributed by atoms with Gasteiger partial charge in [0.05, 0.1) is 5.60 Å². The van der Waals surface area contributed by atoms with Gasteiger partial charge in [-0.05, 0) is 49.1 Å². The van der Waals surface area contributed by atoms with Gasteiger partial charge in [0.2, 0.25) is 0 Å². The first-order valence-corrected chi connectivity index (χ1v) is 9.49. The Morgan fingerprint density at radius 2 is 1.36 bits per heavy atom. The number of hydrogen-bond acceptors (Lipinski definition) is 2. The Hall–Kier alpha value is -2.03. The SMILES string of the molecule is CC(C)(O)c1ccc(S[C@@H](Cc2ccccc2)c2ccccc2)cc1. The molecule has 0 fully saturated rings. The molecule has 2 heteroatoms. The lowest BCUT2D eigenvalue weighted by Crippen LogP contribution is -2.14. The lowest BCUT2D eigenvalue weighted by molar-refractivity contribution is 0.0785. The average Bonchev–Trinajstić information content (AvgIpc) is 2.62. The van der Waals surface area contributed by atoms with Gasteiger partial charge in [0.1, 0.15) is 0 Å². The van der Waals surface area contributed by atoms with Crippen molar-refractivity contribution in [2.45, 2.75) is 36.0 Å². The minimum absolute atomic E-state index is 0.358. The topological polar surface area (TPSA) is 20.2 Å². The van der Waals surface area contributed by atoms with E-state index in [1.807, 2.05) is 37.7 Å². The van der Waals surface area contributed by atoms with Crippen molar-refractivity contribution in [3.05, 3.63) is 102 Å². The van der Waals surface area contributed by atoms with Crippen molar-refractivity contribution in [2.24, 2.45) is 0 Å². The van der Waals surface area contributed by atoms with Gasteiger partial charge in [-0.2, -0.15) is 0 Å². The first-order valence-electron chi connectivity index (χ1n) is 8.61. The molecule has 25 heavy (non-hydrogen) atoms. The van der Waals surface area contributed by atoms with Gasteiger partial charge >= 0.3 is 0 Å². The summed E-state index contributed by atoms with van der Waals surface area (Å²) >= 11 is 1.87. The van der Waals surface area contributed by atoms with Crippen LogP contribution >= 0.6 is 11.8 Å². The lowest BCUT2D eigenvalue weighted by atomic mass is 9.99. The van der Waals surface area contributed by atoms with Gasteiger partial charge in [-0.25, -0.2) is 0 Å². The van der Waals surface area contributed by atoms with Crippen LogP contribution in [0, 0.1) is 0 Å². The van der Waals surface area contributed by atoms with E-state index >= 15 is 0 Å². The van der Waals surface area contributed by atoms with E-state index in [0.717, 1.165) is 12.0 Å². The van der Waals surface area contributed by atoms with Crippen LogP contribution in [0.4, 0.5) is 0 Å². The van der Waals surface area contributed by atoms with E-state index in [4.69, 9.17) is 0 Å². The third-order valence-electron chi connectivity index (χ3n) is 4.27. The van der Waals surface area contributed by atoms with E-state index < -0.39 is 5.60 Å². The van der Waals surface area contributed by atoms with Crippen LogP contribution < -0.4 is 0 Å². The standard InChI is InChI=1S/C23H24OS/c1-23(2,24)20-13-15-21(16-14-20)25-22(19-11-7-4-8-12-19)17-18-9-5-3-6-10-18/h3-16,22,24H,17H2,1-2H3/t22-/m0/s1. The fourth-order valence-electron chi connectivity index (χ4n) is 2.83. The molecule has 1 nitrogen and oxygen atoms in total. The van der Waals surface area contributed by atoms with Crippen LogP contribution in [0.15, 0.2) is 89.8 Å². The van der Waals surface area contributed by atoms with Crippen molar-refractivity contribution in [1.82, 2.24) is 0 Å². The van der Waals surface area contributed by atoms with E-state index in [0.29, 0.717) is 5.25 Å². The Balaban J connectivity index is 1.82. The van der Waals surface area contributed by atoms with Crippen LogP contribution in [0.1, 0.15) is 35.8 Å². The lowest BCUT2D eigenvalue weighted by Gasteiger charge is -2.20. The number of rotatable bonds is 6. The highest BCUT2D eigenvalue weighted by atomic mass is 32.2. The second kappa shape index (κ2) is 7.90. The van der Waals surface area contributed by atoms with Crippen LogP contribution in [0.3, 0.4) is 0 Å². The summed E-state index contributed by atoms with van der Waals surface area (Å²) in [6.45, 7) is 3.63. The molecule has 0 radical (unpaired) electrons. The summed E-state index contributed by atoms with van der Waals surface area (Å²) in [5.41, 5.74) is 2.82. The maximum Gasteiger partial charge on any atom is 0.0840 e. The van der Waals surface area contributed by atoms with E-state index in [1.165, 1.54) is 16.0 Å². The van der Waals surface area contributed by atoms with Gasteiger partial charge < -0.3 is 5.11 Å². The molecule has 0 saturated heterocycles. The average molecular weight is 349 g/mol. The second-order valence-electron chi connectivity index (χ2n) is 6.79. The fourth-order valence-corrected chi connectivity index (χ4v) is 4.02. The zero-order chi connectivity index (χ0) is 17.7. The summed E-state index contributed by atoms with van der Waals surface area (Å²) in [4.78, 5) is 1.22. The van der Waals surface area contributed by atoms with Crippen LogP contribution in [0.5, 0.6) is 0 Å². The van der Waals surface area contributed by atoms with Crippen molar-refractivity contribution in [3.8, 4) is 0 Å². The Kier molecular flexibility index (Phi) is 5.62. The normalized spacial score (nSPS) is 12.8. The van der Waals surface area contributed by atoms with Crippen molar-refractivity contribution in [2.75, 3.05) is 0 Å². The molecule has 128 valence electrons. The highest BCUT2D eigenvalue weighted by Crippen LogP contribution is 2.38. The summed E-state index contributed by atoms with van der Waals surface area (Å²) in [5.74, 6) is 0. The van der Waals surface area contributed by atoms with E-state index in [2.05, 4.69) is 72.8 Å². The van der Waals surface area contributed by atoms with Crippen molar-refractivity contribution >= 4 is 11.8 Å². The highest BCUT2D eigenvalue weighted by Gasteiger charge is 2.17. The Morgan fingerprint density at radius 1 is 0.800 bits per heavy atom. The van der Waals surface area contributed by atoms with Gasteiger partial charge in [0, 0.05) is 10.1 Å². The molecule has 0 bridgehead atoms. The van der Waals surface area contributed by atoms with Crippen LogP contribution in [0.2, 0.25) is 0 Å². The smallest absolute Gasteiger partial charge is 0.0840 e. The van der Waals surface area contributed by atoms with Gasteiger partial charge in [-0.3, -0.25) is 0 Å². The Labute approximate surface area is 154 Å². The molecule has 0 unspecified atom stereocenters. The molecular weight excluding hydrogens is 324 g/mol. The Bertz CT molecular complexity index is 774. The summed E-state index contributed by atoms with van der Waals surface area (Å²) < 4.78 is 0. The van der Waals surface area contributed by atoms with Gasteiger partial charge in [-0.1, -0.05) is 72.8 Å². The molecular formula is C23H24OS. The minimum atomic E-state index is -0.800. The molecule has 1 N–H and O–H groups in total. The number of hydrogen-bond donors (Lipinski definition) is 1. The molecule has 0 heterocycles. The zero-order valence-corrected chi connectivity index (χ0v) is 15.5. The third kappa shape index (κ3) is 4.97. The van der Waals surface area contributed by atoms with Crippen LogP contribution in [-0.2, 0) is 12.0 Å². The van der Waals surface area contributed by atoms with Crippen molar-refractivity contribution in [3.63, 3.8) is 0 Å². The summed E-state index contributed by atoms with van der Waals surface area (Å²) in [5, 5.41) is 10.5. The predicted molar refractivity (Wildman–Crippen MR) is 107 cm³/mol. The number of aliphatic hydroxyl groups is 1. The maximum atomic E-state index is 10.1. The fraction of sp³-hybridized carbons (Fsp3) is 0.217. The van der Waals surface area contributed by atoms with Crippen molar-refractivity contribution < 1.29 is 5.11 Å². The molecule has 3 aromatic rings. The highest BCUT2D eigenvalue weighted by molar-refractivity contribution is 7.99. The second-order valence-corrected chi connectivity index (χ2v) is 8.07. The molecule has 1 atom stereocenters. The molecule has 0 spiro atoms. The number of thioether (sulfide) groups is 1. The van der Waals surface area contributed by atoms with E-state index in [9.17, 15) is 5.11 Å². The van der Waals surface area contributed by atoms with Gasteiger partial charge in [-0.15, -0.1) is 11.8 Å². The molecule has 0 amide bonds. The van der Waals surface area contributed by atoms with Gasteiger partial charge in [0.15, 0.2) is 0 Å². The van der Waals surface area contributed by atoms with Crippen molar-refractivity contribution in [1.29, 1.82) is 0 Å². The zero-order valence-electron chi connectivity index (χ0n) is 14.7. The van der Waals surface area contributed by atoms with E-state index in [-0.39, 0.29) is 0 Å². The molecule has 3 rings (SSSR count). The molecule has 3 aromatic carbocycles. The first kappa shape index (κ1) is 17.8. The van der Waals surface area contributed by atoms with Crippen LogP contribution in [0.25, 0.3) is 0 Å². The third-order valence-corrected chi connectivity index (χ3v) is 5.54. The minimum Gasteiger partial charge on any atom is -0.386 e. The molecule has 0 aliphatic rings.